The molecule has 10 saturated heterocycles. The summed E-state index contributed by atoms with van der Waals surface area (Å²) in [7, 11) is 0. The number of aldehydes is 1. The van der Waals surface area contributed by atoms with Crippen molar-refractivity contribution in [1.82, 2.24) is 0 Å². The van der Waals surface area contributed by atoms with E-state index in [1.54, 1.807) is 6.29 Å². The van der Waals surface area contributed by atoms with Crippen LogP contribution < -0.4 is 0 Å². The predicted octanol–water partition coefficient (Wildman–Crippen LogP) is 5.39. The van der Waals surface area contributed by atoms with Crippen molar-refractivity contribution in [2.45, 2.75) is 47.7 Å². The molecule has 11 rings (SSSR count). The molecule has 10 aliphatic heterocycles. The maximum atomic E-state index is 11.6. The van der Waals surface area contributed by atoms with Crippen LogP contribution in [-0.4, -0.2) is 6.29 Å². The van der Waals surface area contributed by atoms with Gasteiger partial charge in [-0.15, -0.1) is 0 Å². The minimum atomic E-state index is -2.87. The normalized spacial score (nSPS) is 102. The first-order chi connectivity index (χ1) is 9.50. The number of rotatable bonds is 1. The second-order valence-corrected chi connectivity index (χ2v) is 35.7. The number of hydrogen-bond donors (Lipinski definition) is 0. The minimum absolute atomic E-state index is 0.555. The van der Waals surface area contributed by atoms with Crippen LogP contribution >= 0.6 is 15.9 Å². The summed E-state index contributed by atoms with van der Waals surface area (Å²) in [6.07, 6.45) is 1.57. The van der Waals surface area contributed by atoms with E-state index < -0.39 is 6.51 Å². The van der Waals surface area contributed by atoms with Crippen LogP contribution in [0.15, 0.2) is 34.8 Å². The fourth-order valence-electron chi connectivity index (χ4n) is 17.1. The van der Waals surface area contributed by atoms with Crippen molar-refractivity contribution in [3.8, 4) is 0 Å². The van der Waals surface area contributed by atoms with Gasteiger partial charge < -0.3 is 0 Å². The SMILES string of the molecule is Brc1ccccc1.O=C[C]12[CH]3[CH]4[CH]5[CH]1[Fe]45321678[CH]2[CH]1[CH]6[CH]7[CH]28. The summed E-state index contributed by atoms with van der Waals surface area (Å²) in [6.45, 7) is -2.87. The molecule has 4 atom stereocenters. The van der Waals surface area contributed by atoms with Crippen LogP contribution in [0.5, 0.6) is 0 Å². The van der Waals surface area contributed by atoms with Gasteiger partial charge in [0, 0.05) is 4.47 Å². The van der Waals surface area contributed by atoms with Gasteiger partial charge in [-0.1, -0.05) is 34.1 Å². The summed E-state index contributed by atoms with van der Waals surface area (Å²) in [5.41, 5.74) is 0. The Kier molecular flexibility index (Phi) is 0.340. The molecule has 20 heavy (non-hydrogen) atoms. The number of benzene rings is 1. The van der Waals surface area contributed by atoms with Crippen molar-refractivity contribution in [2.24, 2.45) is 0 Å². The molecular formula is C17H15BrFeO. The van der Waals surface area contributed by atoms with E-state index in [1.807, 2.05) is 30.3 Å². The average Bonchev–Trinajstić information content (AvgIpc) is 3.41. The van der Waals surface area contributed by atoms with E-state index in [2.05, 4.69) is 15.9 Å². The third kappa shape index (κ3) is 0.102. The van der Waals surface area contributed by atoms with E-state index >= 15 is 0 Å². The third-order valence-electron chi connectivity index (χ3n) is 15.7. The molecule has 0 saturated carbocycles. The Morgan fingerprint density at radius 3 is 1.55 bits per heavy atom. The molecule has 0 N–H and O–H groups in total. The predicted molar refractivity (Wildman–Crippen MR) is 76.6 cm³/mol. The topological polar surface area (TPSA) is 17.1 Å². The summed E-state index contributed by atoms with van der Waals surface area (Å²) in [5, 5.41) is 0. The molecule has 10 fully saturated rings. The Labute approximate surface area is 115 Å². The molecule has 1 aromatic carbocycles. The summed E-state index contributed by atoms with van der Waals surface area (Å²) >= 11 is 3.31. The summed E-state index contributed by atoms with van der Waals surface area (Å²) in [5.74, 6) is 0. The number of fused-ring (bicyclic) bond motifs is 10. The summed E-state index contributed by atoms with van der Waals surface area (Å²) < 4.78 is 1.69. The molecule has 0 aliphatic carbocycles. The van der Waals surface area contributed by atoms with E-state index in [0.29, 0.717) is 4.31 Å². The summed E-state index contributed by atoms with van der Waals surface area (Å²) in [4.78, 5) is 23.3. The Hall–Kier alpha value is -0.111. The van der Waals surface area contributed by atoms with E-state index in [1.165, 1.54) is 43.3 Å². The van der Waals surface area contributed by atoms with E-state index in [-0.39, 0.29) is 0 Å². The Balaban J connectivity index is 0.0000000971. The van der Waals surface area contributed by atoms with E-state index in [0.717, 1.165) is 4.47 Å². The second kappa shape index (κ2) is 0.801. The Bertz CT molecular complexity index is 1080. The van der Waals surface area contributed by atoms with Gasteiger partial charge in [0.05, 0.1) is 0 Å². The molecule has 0 amide bonds. The van der Waals surface area contributed by atoms with Gasteiger partial charge in [0.15, 0.2) is 0 Å². The zero-order valence-electron chi connectivity index (χ0n) is 10.8. The molecule has 1 aromatic rings. The van der Waals surface area contributed by atoms with Gasteiger partial charge in [0.1, 0.15) is 0 Å². The molecule has 0 bridgehead atoms. The van der Waals surface area contributed by atoms with Crippen LogP contribution in [0.25, 0.3) is 0 Å². The first kappa shape index (κ1) is 8.50. The molecule has 3 heteroatoms. The van der Waals surface area contributed by atoms with E-state index in [9.17, 15) is 4.79 Å². The van der Waals surface area contributed by atoms with Crippen molar-refractivity contribution in [3.05, 3.63) is 34.8 Å². The molecular weight excluding hydrogens is 356 g/mol. The Morgan fingerprint density at radius 2 is 1.40 bits per heavy atom. The Morgan fingerprint density at radius 1 is 0.900 bits per heavy atom. The number of carbonyl (C=O) groups is 1. The molecule has 1 nitrogen and oxygen atoms in total. The number of halogens is 1. The molecule has 0 aromatic heterocycles. The second-order valence-electron chi connectivity index (χ2n) is 11.2. The fraction of sp³-hybridized carbons (Fsp3) is 0.588. The maximum absolute atomic E-state index is 11.6. The van der Waals surface area contributed by atoms with Crippen LogP contribution in [0.1, 0.15) is 0 Å². The van der Waals surface area contributed by atoms with Crippen LogP contribution in [0.2, 0.25) is 47.7 Å². The van der Waals surface area contributed by atoms with Crippen molar-refractivity contribution in [3.63, 3.8) is 0 Å². The monoisotopic (exact) mass is 370 g/mol. The first-order valence-corrected chi connectivity index (χ1v) is 15.0. The molecule has 1 spiro atoms. The third-order valence-corrected chi connectivity index (χ3v) is 58.7. The van der Waals surface area contributed by atoms with E-state index in [4.69, 9.17) is 0 Å². The van der Waals surface area contributed by atoms with Crippen molar-refractivity contribution >= 4 is 22.2 Å². The van der Waals surface area contributed by atoms with Crippen molar-refractivity contribution < 1.29 is 11.3 Å². The van der Waals surface area contributed by atoms with Gasteiger partial charge in [-0.05, 0) is 12.1 Å². The van der Waals surface area contributed by atoms with Gasteiger partial charge in [0.2, 0.25) is 0 Å². The molecule has 10 heterocycles. The van der Waals surface area contributed by atoms with Gasteiger partial charge in [0.25, 0.3) is 0 Å². The fourth-order valence-corrected chi connectivity index (χ4v) is 90.8. The summed E-state index contributed by atoms with van der Waals surface area (Å²) in [6, 6.07) is 9.97. The van der Waals surface area contributed by atoms with Crippen molar-refractivity contribution in [1.29, 1.82) is 0 Å². The molecule has 4 unspecified atom stereocenters. The zero-order valence-corrected chi connectivity index (χ0v) is 13.5. The van der Waals surface area contributed by atoms with Gasteiger partial charge in [-0.3, -0.25) is 0 Å². The van der Waals surface area contributed by atoms with Gasteiger partial charge in [-0.2, -0.15) is 0 Å². The van der Waals surface area contributed by atoms with Gasteiger partial charge >= 0.3 is 65.3 Å². The molecule has 10 aliphatic rings. The van der Waals surface area contributed by atoms with Crippen LogP contribution in [0.3, 0.4) is 0 Å². The standard InChI is InChI=1S/C6H5Br.C6H5O.C5H5.Fe/c7-6-4-2-1-3-5-6;7-5-6-3-1-2-4-6;1-2-4-5-3-1;/h2*1-5H;1-5H;. The van der Waals surface area contributed by atoms with Crippen LogP contribution in [0, 0.1) is 0 Å². The van der Waals surface area contributed by atoms with Crippen LogP contribution in [-0.2, 0) is 11.3 Å². The number of carbonyl (C=O) groups excluding carboxylic acids is 1. The number of hydrogen-bond acceptors (Lipinski definition) is 1. The first-order valence-electron chi connectivity index (χ1n) is 7.88. The zero-order chi connectivity index (χ0) is 12.8. The van der Waals surface area contributed by atoms with Crippen LogP contribution in [0.4, 0.5) is 0 Å². The van der Waals surface area contributed by atoms with Crippen molar-refractivity contribution in [2.75, 3.05) is 0 Å². The quantitative estimate of drug-likeness (QED) is 0.478. The average molecular weight is 371 g/mol. The van der Waals surface area contributed by atoms with Gasteiger partial charge in [-0.25, -0.2) is 0 Å². The molecule has 0 radical (unpaired) electrons. The molecule has 104 valence electrons.